The molecule has 0 spiro atoms. The Hall–Kier alpha value is -2.57. The van der Waals surface area contributed by atoms with Crippen LogP contribution in [-0.2, 0) is 9.59 Å². The molecule has 0 saturated heterocycles. The number of carbonyl (C=O) groups excluding carboxylic acids is 3. The maximum atomic E-state index is 11.7. The third-order valence-corrected chi connectivity index (χ3v) is 2.52. The first kappa shape index (κ1) is 15.5. The molecule has 7 nitrogen and oxygen atoms in total. The molecule has 108 valence electrons. The molecule has 0 aromatic heterocycles. The Balaban J connectivity index is 2.35. The van der Waals surface area contributed by atoms with Crippen LogP contribution in [-0.4, -0.2) is 49.8 Å². The quantitative estimate of drug-likeness (QED) is 0.613. The maximum Gasteiger partial charge on any atom is 0.251 e. The Bertz CT molecular complexity index is 497. The van der Waals surface area contributed by atoms with Crippen LogP contribution in [0.2, 0.25) is 0 Å². The van der Waals surface area contributed by atoms with Crippen molar-refractivity contribution in [3.05, 3.63) is 29.8 Å². The SMILES string of the molecule is CN(C)C(=O)CNC(=O)CNC(=O)c1ccc(N)cc1. The molecular weight excluding hydrogens is 260 g/mol. The van der Waals surface area contributed by atoms with Crippen molar-refractivity contribution >= 4 is 23.4 Å². The fraction of sp³-hybridized carbons (Fsp3) is 0.308. The molecule has 3 amide bonds. The highest BCUT2D eigenvalue weighted by Gasteiger charge is 2.09. The fourth-order valence-corrected chi connectivity index (χ4v) is 1.29. The van der Waals surface area contributed by atoms with Crippen molar-refractivity contribution in [2.75, 3.05) is 32.9 Å². The zero-order valence-electron chi connectivity index (χ0n) is 11.5. The van der Waals surface area contributed by atoms with Gasteiger partial charge in [0.15, 0.2) is 0 Å². The van der Waals surface area contributed by atoms with Gasteiger partial charge >= 0.3 is 0 Å². The van der Waals surface area contributed by atoms with E-state index in [0.717, 1.165) is 0 Å². The molecule has 0 radical (unpaired) electrons. The third-order valence-electron chi connectivity index (χ3n) is 2.52. The number of anilines is 1. The van der Waals surface area contributed by atoms with Crippen LogP contribution in [0.5, 0.6) is 0 Å². The number of nitrogen functional groups attached to an aromatic ring is 1. The Morgan fingerprint density at radius 1 is 1.05 bits per heavy atom. The molecule has 7 heteroatoms. The number of hydrogen-bond donors (Lipinski definition) is 3. The number of benzene rings is 1. The van der Waals surface area contributed by atoms with E-state index in [1.54, 1.807) is 38.4 Å². The molecule has 0 bridgehead atoms. The topological polar surface area (TPSA) is 105 Å². The van der Waals surface area contributed by atoms with Gasteiger partial charge in [-0.3, -0.25) is 14.4 Å². The molecule has 0 unspecified atom stereocenters. The van der Waals surface area contributed by atoms with Crippen molar-refractivity contribution in [1.29, 1.82) is 0 Å². The number of hydrogen-bond acceptors (Lipinski definition) is 4. The molecule has 20 heavy (non-hydrogen) atoms. The molecule has 0 aliphatic carbocycles. The number of rotatable bonds is 5. The zero-order valence-corrected chi connectivity index (χ0v) is 11.5. The number of carbonyl (C=O) groups is 3. The average Bonchev–Trinajstić information content (AvgIpc) is 2.42. The Kier molecular flexibility index (Phi) is 5.52. The van der Waals surface area contributed by atoms with E-state index in [1.807, 2.05) is 0 Å². The Labute approximate surface area is 117 Å². The first-order chi connectivity index (χ1) is 9.40. The summed E-state index contributed by atoms with van der Waals surface area (Å²) in [4.78, 5) is 35.8. The minimum Gasteiger partial charge on any atom is -0.399 e. The first-order valence-corrected chi connectivity index (χ1v) is 6.00. The number of nitrogens with zero attached hydrogens (tertiary/aromatic N) is 1. The highest BCUT2D eigenvalue weighted by Crippen LogP contribution is 2.04. The molecular formula is C13H18N4O3. The van der Waals surface area contributed by atoms with Gasteiger partial charge in [-0.1, -0.05) is 0 Å². The molecule has 0 aliphatic heterocycles. The molecule has 1 aromatic carbocycles. The Morgan fingerprint density at radius 3 is 2.20 bits per heavy atom. The normalized spacial score (nSPS) is 9.70. The fourth-order valence-electron chi connectivity index (χ4n) is 1.29. The molecule has 0 fully saturated rings. The van der Waals surface area contributed by atoms with Gasteiger partial charge in [-0.25, -0.2) is 0 Å². The Morgan fingerprint density at radius 2 is 1.65 bits per heavy atom. The zero-order chi connectivity index (χ0) is 15.1. The summed E-state index contributed by atoms with van der Waals surface area (Å²) in [5.41, 5.74) is 6.48. The summed E-state index contributed by atoms with van der Waals surface area (Å²) in [5.74, 6) is -1.02. The number of nitrogens with one attached hydrogen (secondary N) is 2. The lowest BCUT2D eigenvalue weighted by Crippen LogP contribution is -2.41. The largest absolute Gasteiger partial charge is 0.399 e. The molecule has 1 rings (SSSR count). The van der Waals surface area contributed by atoms with Crippen LogP contribution in [0.4, 0.5) is 5.69 Å². The number of amides is 3. The van der Waals surface area contributed by atoms with E-state index in [0.29, 0.717) is 11.3 Å². The lowest BCUT2D eigenvalue weighted by atomic mass is 10.2. The van der Waals surface area contributed by atoms with Gasteiger partial charge in [0.2, 0.25) is 11.8 Å². The molecule has 0 aliphatic rings. The summed E-state index contributed by atoms with van der Waals surface area (Å²) in [6.45, 7) is -0.284. The molecule has 0 heterocycles. The van der Waals surface area contributed by atoms with Crippen molar-refractivity contribution in [2.45, 2.75) is 0 Å². The van der Waals surface area contributed by atoms with Crippen molar-refractivity contribution < 1.29 is 14.4 Å². The van der Waals surface area contributed by atoms with E-state index in [9.17, 15) is 14.4 Å². The van der Waals surface area contributed by atoms with Gasteiger partial charge in [0.05, 0.1) is 13.1 Å². The van der Waals surface area contributed by atoms with E-state index in [-0.39, 0.29) is 24.9 Å². The monoisotopic (exact) mass is 278 g/mol. The van der Waals surface area contributed by atoms with Gasteiger partial charge in [-0.15, -0.1) is 0 Å². The molecule has 0 saturated carbocycles. The second-order valence-electron chi connectivity index (χ2n) is 4.37. The smallest absolute Gasteiger partial charge is 0.251 e. The van der Waals surface area contributed by atoms with Gasteiger partial charge in [0, 0.05) is 25.3 Å². The summed E-state index contributed by atoms with van der Waals surface area (Å²) in [5, 5.41) is 4.87. The number of likely N-dealkylation sites (N-methyl/N-ethyl adjacent to an activating group) is 1. The van der Waals surface area contributed by atoms with Gasteiger partial charge in [0.1, 0.15) is 0 Å². The van der Waals surface area contributed by atoms with E-state index in [2.05, 4.69) is 10.6 Å². The second-order valence-corrected chi connectivity index (χ2v) is 4.37. The van der Waals surface area contributed by atoms with Crippen molar-refractivity contribution in [1.82, 2.24) is 15.5 Å². The van der Waals surface area contributed by atoms with Crippen LogP contribution in [0.25, 0.3) is 0 Å². The lowest BCUT2D eigenvalue weighted by molar-refractivity contribution is -0.130. The number of nitrogens with two attached hydrogens (primary N) is 1. The summed E-state index contributed by atoms with van der Waals surface area (Å²) in [6, 6.07) is 6.34. The van der Waals surface area contributed by atoms with E-state index >= 15 is 0 Å². The van der Waals surface area contributed by atoms with Crippen LogP contribution >= 0.6 is 0 Å². The standard InChI is InChI=1S/C13H18N4O3/c1-17(2)12(19)8-15-11(18)7-16-13(20)9-3-5-10(14)6-4-9/h3-6H,7-8,14H2,1-2H3,(H,15,18)(H,16,20). The second kappa shape index (κ2) is 7.13. The molecule has 0 atom stereocenters. The van der Waals surface area contributed by atoms with Gasteiger partial charge in [-0.2, -0.15) is 0 Å². The van der Waals surface area contributed by atoms with E-state index < -0.39 is 5.91 Å². The van der Waals surface area contributed by atoms with Gasteiger partial charge < -0.3 is 21.3 Å². The first-order valence-electron chi connectivity index (χ1n) is 6.00. The van der Waals surface area contributed by atoms with Crippen molar-refractivity contribution in [3.63, 3.8) is 0 Å². The minimum absolute atomic E-state index is 0.0937. The highest BCUT2D eigenvalue weighted by atomic mass is 16.2. The van der Waals surface area contributed by atoms with Crippen LogP contribution < -0.4 is 16.4 Å². The van der Waals surface area contributed by atoms with Crippen molar-refractivity contribution in [3.8, 4) is 0 Å². The van der Waals surface area contributed by atoms with E-state index in [4.69, 9.17) is 5.73 Å². The third kappa shape index (κ3) is 4.97. The van der Waals surface area contributed by atoms with Crippen molar-refractivity contribution in [2.24, 2.45) is 0 Å². The van der Waals surface area contributed by atoms with Crippen LogP contribution in [0.3, 0.4) is 0 Å². The summed E-state index contributed by atoms with van der Waals surface area (Å²) < 4.78 is 0. The van der Waals surface area contributed by atoms with Gasteiger partial charge in [-0.05, 0) is 24.3 Å². The minimum atomic E-state index is -0.427. The molecule has 1 aromatic rings. The lowest BCUT2D eigenvalue weighted by Gasteiger charge is -2.11. The average molecular weight is 278 g/mol. The van der Waals surface area contributed by atoms with Gasteiger partial charge in [0.25, 0.3) is 5.91 Å². The predicted molar refractivity (Wildman–Crippen MR) is 74.9 cm³/mol. The van der Waals surface area contributed by atoms with E-state index in [1.165, 1.54) is 4.90 Å². The molecule has 4 N–H and O–H groups in total. The highest BCUT2D eigenvalue weighted by molar-refractivity contribution is 5.97. The van der Waals surface area contributed by atoms with Crippen LogP contribution in [0.1, 0.15) is 10.4 Å². The predicted octanol–water partition coefficient (Wildman–Crippen LogP) is -0.797. The van der Waals surface area contributed by atoms with Crippen LogP contribution in [0, 0.1) is 0 Å². The maximum absolute atomic E-state index is 11.7. The summed E-state index contributed by atoms with van der Waals surface area (Å²) in [6.07, 6.45) is 0. The summed E-state index contributed by atoms with van der Waals surface area (Å²) >= 11 is 0. The van der Waals surface area contributed by atoms with Crippen LogP contribution in [0.15, 0.2) is 24.3 Å². The summed E-state index contributed by atoms with van der Waals surface area (Å²) in [7, 11) is 3.19.